The summed E-state index contributed by atoms with van der Waals surface area (Å²) in [5, 5.41) is 7.12. The van der Waals surface area contributed by atoms with Gasteiger partial charge in [0.2, 0.25) is 5.95 Å². The van der Waals surface area contributed by atoms with E-state index in [1.54, 1.807) is 0 Å². The molecule has 2 aliphatic heterocycles. The molecule has 32 heavy (non-hydrogen) atoms. The summed E-state index contributed by atoms with van der Waals surface area (Å²) in [4.78, 5) is 26.9. The van der Waals surface area contributed by atoms with Gasteiger partial charge in [0.25, 0.3) is 0 Å². The maximum Gasteiger partial charge on any atom is 0.490 e. The van der Waals surface area contributed by atoms with Crippen LogP contribution in [0.5, 0.6) is 0 Å². The molecule has 2 saturated heterocycles. The number of rotatable bonds is 4. The number of alkyl halides is 3. The summed E-state index contributed by atoms with van der Waals surface area (Å²) in [5.41, 5.74) is 2.13. The van der Waals surface area contributed by atoms with Crippen LogP contribution in [-0.2, 0) is 16.1 Å². The SMILES string of the molecule is Cc1cnc(N2CCC3(CC(N(C)Cc4ccccn4)CO3)C2)nc1.O=C(O)C(F)(F)F. The molecule has 4 rings (SSSR count). The molecular formula is C21H26F3N5O3. The number of hydrogen-bond acceptors (Lipinski definition) is 7. The van der Waals surface area contributed by atoms with Gasteiger partial charge in [-0.05, 0) is 44.5 Å². The number of carboxylic acids is 1. The summed E-state index contributed by atoms with van der Waals surface area (Å²) < 4.78 is 38.0. The number of halogens is 3. The normalized spacial score (nSPS) is 22.8. The molecule has 1 N–H and O–H groups in total. The highest BCUT2D eigenvalue weighted by molar-refractivity contribution is 5.73. The quantitative estimate of drug-likeness (QED) is 0.756. The van der Waals surface area contributed by atoms with Gasteiger partial charge in [0, 0.05) is 44.3 Å². The Morgan fingerprint density at radius 2 is 2.00 bits per heavy atom. The van der Waals surface area contributed by atoms with Crippen LogP contribution < -0.4 is 4.90 Å². The standard InChI is InChI=1S/C19H25N5O.C2HF3O2/c1-15-10-21-18(22-11-15)24-8-6-19(14-24)9-17(13-25-19)23(2)12-16-5-3-4-7-20-16;3-2(4,5)1(6)7/h3-5,7,10-11,17H,6,8-9,12-14H2,1-2H3;(H,6,7). The number of aryl methyl sites for hydroxylation is 1. The molecule has 2 aromatic heterocycles. The second-order valence-corrected chi connectivity index (χ2v) is 8.12. The Hall–Kier alpha value is -2.79. The van der Waals surface area contributed by atoms with Crippen molar-refractivity contribution in [3.05, 3.63) is 48.0 Å². The molecular weight excluding hydrogens is 427 g/mol. The first-order chi connectivity index (χ1) is 15.1. The number of nitrogens with zero attached hydrogens (tertiary/aromatic N) is 5. The van der Waals surface area contributed by atoms with Crippen molar-refractivity contribution in [1.29, 1.82) is 0 Å². The number of aromatic nitrogens is 3. The van der Waals surface area contributed by atoms with Crippen molar-refractivity contribution in [2.45, 2.75) is 44.1 Å². The summed E-state index contributed by atoms with van der Waals surface area (Å²) in [6.45, 7) is 5.49. The number of hydrogen-bond donors (Lipinski definition) is 1. The number of pyridine rings is 1. The molecule has 0 aliphatic carbocycles. The lowest BCUT2D eigenvalue weighted by Gasteiger charge is -2.25. The lowest BCUT2D eigenvalue weighted by Crippen LogP contribution is -2.36. The smallest absolute Gasteiger partial charge is 0.475 e. The van der Waals surface area contributed by atoms with E-state index in [0.29, 0.717) is 6.04 Å². The van der Waals surface area contributed by atoms with Crippen LogP contribution in [0, 0.1) is 6.92 Å². The average molecular weight is 453 g/mol. The van der Waals surface area contributed by atoms with Gasteiger partial charge in [0.05, 0.1) is 17.9 Å². The third-order valence-corrected chi connectivity index (χ3v) is 5.56. The lowest BCUT2D eigenvalue weighted by atomic mass is 9.96. The van der Waals surface area contributed by atoms with Crippen LogP contribution in [0.4, 0.5) is 19.1 Å². The minimum atomic E-state index is -5.08. The Balaban J connectivity index is 0.000000360. The highest BCUT2D eigenvalue weighted by atomic mass is 19.4. The van der Waals surface area contributed by atoms with Crippen LogP contribution in [-0.4, -0.2) is 75.5 Å². The average Bonchev–Trinajstić information content (AvgIpc) is 3.36. The molecule has 0 aromatic carbocycles. The van der Waals surface area contributed by atoms with Gasteiger partial charge in [-0.25, -0.2) is 14.8 Å². The molecule has 2 atom stereocenters. The fraction of sp³-hybridized carbons (Fsp3) is 0.524. The number of likely N-dealkylation sites (N-methyl/N-ethyl adjacent to an activating group) is 1. The molecule has 4 heterocycles. The molecule has 2 aliphatic rings. The largest absolute Gasteiger partial charge is 0.490 e. The minimum absolute atomic E-state index is 0.0582. The first-order valence-corrected chi connectivity index (χ1v) is 10.2. The van der Waals surface area contributed by atoms with Crippen molar-refractivity contribution >= 4 is 11.9 Å². The first-order valence-electron chi connectivity index (χ1n) is 10.2. The van der Waals surface area contributed by atoms with Gasteiger partial charge in [-0.1, -0.05) is 6.07 Å². The van der Waals surface area contributed by atoms with E-state index in [4.69, 9.17) is 14.6 Å². The Kier molecular flexibility index (Phi) is 7.29. The number of aliphatic carboxylic acids is 1. The molecule has 2 aromatic rings. The van der Waals surface area contributed by atoms with Gasteiger partial charge in [0.15, 0.2) is 0 Å². The predicted molar refractivity (Wildman–Crippen MR) is 110 cm³/mol. The van der Waals surface area contributed by atoms with Crippen molar-refractivity contribution in [3.8, 4) is 0 Å². The van der Waals surface area contributed by atoms with Crippen molar-refractivity contribution in [2.24, 2.45) is 0 Å². The molecule has 1 spiro atoms. The molecule has 0 amide bonds. The van der Waals surface area contributed by atoms with E-state index in [9.17, 15) is 13.2 Å². The zero-order valence-corrected chi connectivity index (χ0v) is 17.9. The number of anilines is 1. The molecule has 0 bridgehead atoms. The summed E-state index contributed by atoms with van der Waals surface area (Å²) in [6, 6.07) is 6.51. The highest BCUT2D eigenvalue weighted by Gasteiger charge is 2.47. The topological polar surface area (TPSA) is 91.7 Å². The number of carbonyl (C=O) groups is 1. The Labute approximate surface area is 184 Å². The van der Waals surface area contributed by atoms with Crippen molar-refractivity contribution in [3.63, 3.8) is 0 Å². The van der Waals surface area contributed by atoms with Crippen LogP contribution in [0.2, 0.25) is 0 Å². The van der Waals surface area contributed by atoms with Crippen LogP contribution in [0.3, 0.4) is 0 Å². The lowest BCUT2D eigenvalue weighted by molar-refractivity contribution is -0.192. The van der Waals surface area contributed by atoms with Gasteiger partial charge in [-0.15, -0.1) is 0 Å². The van der Waals surface area contributed by atoms with E-state index in [-0.39, 0.29) is 5.60 Å². The number of ether oxygens (including phenoxy) is 1. The molecule has 0 radical (unpaired) electrons. The first kappa shape index (κ1) is 23.9. The number of carboxylic acid groups (broad SMARTS) is 1. The van der Waals surface area contributed by atoms with Gasteiger partial charge in [0.1, 0.15) is 0 Å². The van der Waals surface area contributed by atoms with E-state index in [0.717, 1.165) is 56.3 Å². The zero-order valence-electron chi connectivity index (χ0n) is 17.9. The van der Waals surface area contributed by atoms with Gasteiger partial charge in [-0.3, -0.25) is 9.88 Å². The highest BCUT2D eigenvalue weighted by Crippen LogP contribution is 2.37. The Morgan fingerprint density at radius 1 is 1.31 bits per heavy atom. The Bertz CT molecular complexity index is 898. The maximum absolute atomic E-state index is 10.6. The van der Waals surface area contributed by atoms with Crippen molar-refractivity contribution < 1.29 is 27.8 Å². The van der Waals surface area contributed by atoms with Crippen molar-refractivity contribution in [2.75, 3.05) is 31.6 Å². The Morgan fingerprint density at radius 3 is 2.59 bits per heavy atom. The second-order valence-electron chi connectivity index (χ2n) is 8.12. The molecule has 174 valence electrons. The molecule has 0 saturated carbocycles. The molecule has 8 nitrogen and oxygen atoms in total. The molecule has 11 heteroatoms. The summed E-state index contributed by atoms with van der Waals surface area (Å²) in [6.07, 6.45) is 2.63. The minimum Gasteiger partial charge on any atom is -0.475 e. The van der Waals surface area contributed by atoms with E-state index in [2.05, 4.69) is 37.9 Å². The zero-order chi connectivity index (χ0) is 23.4. The van der Waals surface area contributed by atoms with Crippen LogP contribution in [0.1, 0.15) is 24.1 Å². The van der Waals surface area contributed by atoms with Crippen molar-refractivity contribution in [1.82, 2.24) is 19.9 Å². The third-order valence-electron chi connectivity index (χ3n) is 5.56. The summed E-state index contributed by atoms with van der Waals surface area (Å²) >= 11 is 0. The molecule has 2 fully saturated rings. The second kappa shape index (κ2) is 9.78. The van der Waals surface area contributed by atoms with Gasteiger partial charge >= 0.3 is 12.1 Å². The van der Waals surface area contributed by atoms with E-state index >= 15 is 0 Å². The van der Waals surface area contributed by atoms with Crippen LogP contribution in [0.15, 0.2) is 36.8 Å². The van der Waals surface area contributed by atoms with Crippen LogP contribution >= 0.6 is 0 Å². The third kappa shape index (κ3) is 6.13. The van der Waals surface area contributed by atoms with Gasteiger partial charge in [-0.2, -0.15) is 13.2 Å². The fourth-order valence-electron chi connectivity index (χ4n) is 3.83. The predicted octanol–water partition coefficient (Wildman–Crippen LogP) is 2.68. The monoisotopic (exact) mass is 453 g/mol. The van der Waals surface area contributed by atoms with Gasteiger partial charge < -0.3 is 14.7 Å². The van der Waals surface area contributed by atoms with E-state index in [1.807, 2.05) is 37.6 Å². The maximum atomic E-state index is 10.6. The summed E-state index contributed by atoms with van der Waals surface area (Å²) in [7, 11) is 2.16. The fourth-order valence-corrected chi connectivity index (χ4v) is 3.83. The van der Waals surface area contributed by atoms with E-state index < -0.39 is 12.1 Å². The van der Waals surface area contributed by atoms with E-state index in [1.165, 1.54) is 0 Å². The van der Waals surface area contributed by atoms with Crippen LogP contribution in [0.25, 0.3) is 0 Å². The summed E-state index contributed by atoms with van der Waals surface area (Å²) in [5.74, 6) is -1.94. The molecule has 2 unspecified atom stereocenters.